The number of aliphatic hydroxyl groups is 1. The lowest BCUT2D eigenvalue weighted by Gasteiger charge is -2.12. The number of hydrogen-bond acceptors (Lipinski definition) is 3. The van der Waals surface area contributed by atoms with Crippen LogP contribution < -0.4 is 5.32 Å². The Morgan fingerprint density at radius 1 is 1.47 bits per heavy atom. The van der Waals surface area contributed by atoms with Crippen LogP contribution >= 0.6 is 0 Å². The topological polar surface area (TPSA) is 45.1 Å². The highest BCUT2D eigenvalue weighted by Crippen LogP contribution is 2.18. The van der Waals surface area contributed by atoms with Gasteiger partial charge in [0.05, 0.1) is 12.1 Å². The number of nitrogens with zero attached hydrogens (tertiary/aromatic N) is 1. The van der Waals surface area contributed by atoms with E-state index in [0.717, 1.165) is 16.5 Å². The molecule has 0 saturated carbocycles. The molecular weight excluding hydrogens is 219 g/mol. The number of aliphatic hydroxyl groups excluding tert-OH is 1. The van der Waals surface area contributed by atoms with E-state index in [0.29, 0.717) is 6.54 Å². The lowest BCUT2D eigenvalue weighted by atomic mass is 10.1. The minimum absolute atomic E-state index is 0.0166. The van der Waals surface area contributed by atoms with Crippen LogP contribution in [0.5, 0.6) is 0 Å². The lowest BCUT2D eigenvalue weighted by molar-refractivity contribution is 0.251. The summed E-state index contributed by atoms with van der Waals surface area (Å²) in [6.45, 7) is 2.42. The van der Waals surface area contributed by atoms with Gasteiger partial charge < -0.3 is 10.4 Å². The summed E-state index contributed by atoms with van der Waals surface area (Å²) >= 11 is 0. The number of aromatic nitrogens is 1. The molecule has 1 aromatic heterocycles. The average Bonchev–Trinajstić information content (AvgIpc) is 2.35. The summed E-state index contributed by atoms with van der Waals surface area (Å²) in [6.07, 6.45) is 1.69. The van der Waals surface area contributed by atoms with E-state index in [1.807, 2.05) is 13.0 Å². The number of benzene rings is 1. The average molecular weight is 234 g/mol. The standard InChI is InChI=1S/C13H15FN2O/c1-9(8-17)16-7-11-6-12(14)5-10-3-2-4-15-13(10)11/h2-6,9,16-17H,7-8H2,1H3. The minimum atomic E-state index is -0.265. The van der Waals surface area contributed by atoms with Crippen LogP contribution in [-0.2, 0) is 6.54 Å². The van der Waals surface area contributed by atoms with E-state index in [1.165, 1.54) is 12.1 Å². The smallest absolute Gasteiger partial charge is 0.124 e. The molecule has 0 aliphatic heterocycles. The Bertz CT molecular complexity index is 516. The maximum absolute atomic E-state index is 13.4. The summed E-state index contributed by atoms with van der Waals surface area (Å²) in [4.78, 5) is 4.26. The molecule has 1 atom stereocenters. The highest BCUT2D eigenvalue weighted by Gasteiger charge is 2.06. The van der Waals surface area contributed by atoms with Gasteiger partial charge >= 0.3 is 0 Å². The van der Waals surface area contributed by atoms with Crippen LogP contribution in [0.25, 0.3) is 10.9 Å². The van der Waals surface area contributed by atoms with Crippen LogP contribution in [0.15, 0.2) is 30.5 Å². The maximum atomic E-state index is 13.4. The van der Waals surface area contributed by atoms with Crippen molar-refractivity contribution in [3.05, 3.63) is 41.8 Å². The van der Waals surface area contributed by atoms with Crippen LogP contribution in [0.4, 0.5) is 4.39 Å². The van der Waals surface area contributed by atoms with E-state index >= 15 is 0 Å². The van der Waals surface area contributed by atoms with Crippen LogP contribution in [-0.4, -0.2) is 22.7 Å². The Morgan fingerprint density at radius 3 is 3.06 bits per heavy atom. The van der Waals surface area contributed by atoms with Gasteiger partial charge in [-0.3, -0.25) is 4.98 Å². The fraction of sp³-hybridized carbons (Fsp3) is 0.308. The molecule has 0 spiro atoms. The molecule has 0 aliphatic rings. The van der Waals surface area contributed by atoms with E-state index in [2.05, 4.69) is 10.3 Å². The van der Waals surface area contributed by atoms with Gasteiger partial charge in [0.25, 0.3) is 0 Å². The summed E-state index contributed by atoms with van der Waals surface area (Å²) < 4.78 is 13.4. The van der Waals surface area contributed by atoms with Gasteiger partial charge in [-0.15, -0.1) is 0 Å². The Labute approximate surface area is 99.3 Å². The van der Waals surface area contributed by atoms with Crippen molar-refractivity contribution in [2.24, 2.45) is 0 Å². The van der Waals surface area contributed by atoms with Gasteiger partial charge in [-0.2, -0.15) is 0 Å². The molecule has 0 bridgehead atoms. The molecule has 1 heterocycles. The van der Waals surface area contributed by atoms with Gasteiger partial charge in [-0.25, -0.2) is 4.39 Å². The number of fused-ring (bicyclic) bond motifs is 1. The van der Waals surface area contributed by atoms with Crippen molar-refractivity contribution in [2.75, 3.05) is 6.61 Å². The molecule has 4 heteroatoms. The Hall–Kier alpha value is -1.52. The first kappa shape index (κ1) is 12.0. The molecular formula is C13H15FN2O. The molecule has 17 heavy (non-hydrogen) atoms. The normalized spacial score (nSPS) is 12.9. The first-order valence-electron chi connectivity index (χ1n) is 5.58. The van der Waals surface area contributed by atoms with Crippen molar-refractivity contribution < 1.29 is 9.50 Å². The zero-order chi connectivity index (χ0) is 12.3. The Kier molecular flexibility index (Phi) is 3.66. The molecule has 0 radical (unpaired) electrons. The number of halogens is 1. The van der Waals surface area contributed by atoms with E-state index < -0.39 is 0 Å². The first-order chi connectivity index (χ1) is 8.20. The Morgan fingerprint density at radius 2 is 2.29 bits per heavy atom. The fourth-order valence-corrected chi connectivity index (χ4v) is 1.71. The van der Waals surface area contributed by atoms with E-state index in [9.17, 15) is 4.39 Å². The quantitative estimate of drug-likeness (QED) is 0.848. The van der Waals surface area contributed by atoms with Gasteiger partial charge in [-0.1, -0.05) is 6.07 Å². The monoisotopic (exact) mass is 234 g/mol. The van der Waals surface area contributed by atoms with Gasteiger partial charge in [0.2, 0.25) is 0 Å². The molecule has 3 nitrogen and oxygen atoms in total. The van der Waals surface area contributed by atoms with Crippen molar-refractivity contribution in [3.8, 4) is 0 Å². The van der Waals surface area contributed by atoms with Crippen LogP contribution in [0.3, 0.4) is 0 Å². The van der Waals surface area contributed by atoms with Crippen molar-refractivity contribution in [2.45, 2.75) is 19.5 Å². The summed E-state index contributed by atoms with van der Waals surface area (Å²) in [5, 5.41) is 12.8. The molecule has 2 aromatic rings. The molecule has 0 saturated heterocycles. The molecule has 1 aromatic carbocycles. The SMILES string of the molecule is CC(CO)NCc1cc(F)cc2cccnc12. The molecule has 0 fully saturated rings. The van der Waals surface area contributed by atoms with Crippen LogP contribution in [0.1, 0.15) is 12.5 Å². The van der Waals surface area contributed by atoms with Crippen molar-refractivity contribution in [1.82, 2.24) is 10.3 Å². The van der Waals surface area contributed by atoms with Crippen molar-refractivity contribution in [3.63, 3.8) is 0 Å². The van der Waals surface area contributed by atoms with Crippen molar-refractivity contribution >= 4 is 10.9 Å². The van der Waals surface area contributed by atoms with Gasteiger partial charge in [0.1, 0.15) is 5.82 Å². The number of hydrogen-bond donors (Lipinski definition) is 2. The molecule has 0 amide bonds. The predicted octanol–water partition coefficient (Wildman–Crippen LogP) is 1.84. The highest BCUT2D eigenvalue weighted by atomic mass is 19.1. The molecule has 2 N–H and O–H groups in total. The van der Waals surface area contributed by atoms with Crippen molar-refractivity contribution in [1.29, 1.82) is 0 Å². The first-order valence-corrected chi connectivity index (χ1v) is 5.58. The van der Waals surface area contributed by atoms with Crippen LogP contribution in [0, 0.1) is 5.82 Å². The second-order valence-electron chi connectivity index (χ2n) is 4.10. The van der Waals surface area contributed by atoms with E-state index in [-0.39, 0.29) is 18.5 Å². The number of nitrogens with one attached hydrogen (secondary N) is 1. The molecule has 0 aliphatic carbocycles. The maximum Gasteiger partial charge on any atom is 0.124 e. The van der Waals surface area contributed by atoms with E-state index in [1.54, 1.807) is 12.3 Å². The predicted molar refractivity (Wildman–Crippen MR) is 65.1 cm³/mol. The molecule has 2 rings (SSSR count). The number of pyridine rings is 1. The highest BCUT2D eigenvalue weighted by molar-refractivity contribution is 5.81. The summed E-state index contributed by atoms with van der Waals surface area (Å²) in [6, 6.07) is 6.56. The van der Waals surface area contributed by atoms with Gasteiger partial charge in [0.15, 0.2) is 0 Å². The number of rotatable bonds is 4. The second-order valence-corrected chi connectivity index (χ2v) is 4.10. The van der Waals surface area contributed by atoms with Gasteiger partial charge in [-0.05, 0) is 30.7 Å². The lowest BCUT2D eigenvalue weighted by Crippen LogP contribution is -2.28. The third-order valence-electron chi connectivity index (χ3n) is 2.66. The largest absolute Gasteiger partial charge is 0.395 e. The molecule has 90 valence electrons. The third-order valence-corrected chi connectivity index (χ3v) is 2.66. The van der Waals surface area contributed by atoms with Gasteiger partial charge in [0, 0.05) is 24.2 Å². The minimum Gasteiger partial charge on any atom is -0.395 e. The third kappa shape index (κ3) is 2.78. The summed E-state index contributed by atoms with van der Waals surface area (Å²) in [5.74, 6) is -0.265. The Balaban J connectivity index is 2.32. The summed E-state index contributed by atoms with van der Waals surface area (Å²) in [7, 11) is 0. The van der Waals surface area contributed by atoms with Crippen LogP contribution in [0.2, 0.25) is 0 Å². The van der Waals surface area contributed by atoms with E-state index in [4.69, 9.17) is 5.11 Å². The molecule has 1 unspecified atom stereocenters. The fourth-order valence-electron chi connectivity index (χ4n) is 1.71. The summed E-state index contributed by atoms with van der Waals surface area (Å²) in [5.41, 5.74) is 1.60. The zero-order valence-electron chi connectivity index (χ0n) is 9.65. The zero-order valence-corrected chi connectivity index (χ0v) is 9.65. The second kappa shape index (κ2) is 5.21.